The van der Waals surface area contributed by atoms with Gasteiger partial charge in [0.1, 0.15) is 12.2 Å². The van der Waals surface area contributed by atoms with E-state index in [2.05, 4.69) is 63.9 Å². The molecule has 0 radical (unpaired) electrons. The topological polar surface area (TPSA) is 61.9 Å². The lowest BCUT2D eigenvalue weighted by molar-refractivity contribution is -0.134. The van der Waals surface area contributed by atoms with E-state index < -0.39 is 0 Å². The van der Waals surface area contributed by atoms with Crippen molar-refractivity contribution in [3.8, 4) is 5.75 Å². The number of carbonyl (C=O) groups excluding carboxylic acids is 2. The van der Waals surface area contributed by atoms with Gasteiger partial charge in [-0.2, -0.15) is 0 Å². The SMILES string of the molecule is COc1ccccc1N1CCN(C(=O)CC(=O)Nc2c(C(C)(C)C)cccc2C(C)(C)C)CC1. The minimum absolute atomic E-state index is 0.136. The van der Waals surface area contributed by atoms with E-state index in [1.54, 1.807) is 12.0 Å². The summed E-state index contributed by atoms with van der Waals surface area (Å²) in [6, 6.07) is 14.1. The number of ether oxygens (including phenoxy) is 1. The van der Waals surface area contributed by atoms with Gasteiger partial charge in [0.2, 0.25) is 11.8 Å². The fraction of sp³-hybridized carbons (Fsp3) is 0.500. The predicted octanol–water partition coefficient (Wildman–Crippen LogP) is 4.97. The first kappa shape index (κ1) is 25.6. The summed E-state index contributed by atoms with van der Waals surface area (Å²) in [5, 5.41) is 3.10. The third kappa shape index (κ3) is 5.91. The molecule has 1 saturated heterocycles. The van der Waals surface area contributed by atoms with Crippen LogP contribution in [-0.2, 0) is 20.4 Å². The molecule has 2 amide bonds. The van der Waals surface area contributed by atoms with Gasteiger partial charge in [-0.25, -0.2) is 0 Å². The first-order valence-electron chi connectivity index (χ1n) is 12.0. The summed E-state index contributed by atoms with van der Waals surface area (Å²) in [5.41, 5.74) is 3.74. The van der Waals surface area contributed by atoms with Crippen molar-refractivity contribution < 1.29 is 14.3 Å². The highest BCUT2D eigenvalue weighted by Crippen LogP contribution is 2.38. The third-order valence-corrected chi connectivity index (χ3v) is 6.31. The Labute approximate surface area is 204 Å². The molecule has 0 bridgehead atoms. The molecule has 3 rings (SSSR count). The van der Waals surface area contributed by atoms with Crippen LogP contribution >= 0.6 is 0 Å². The molecule has 1 heterocycles. The molecule has 0 atom stereocenters. The minimum atomic E-state index is -0.264. The number of para-hydroxylation sites is 3. The first-order chi connectivity index (χ1) is 15.9. The molecule has 1 fully saturated rings. The molecule has 184 valence electrons. The Morgan fingerprint density at radius 2 is 1.41 bits per heavy atom. The van der Waals surface area contributed by atoms with Crippen molar-refractivity contribution in [1.82, 2.24) is 4.90 Å². The van der Waals surface area contributed by atoms with Gasteiger partial charge in [0.25, 0.3) is 0 Å². The van der Waals surface area contributed by atoms with Gasteiger partial charge in [0.05, 0.1) is 12.8 Å². The zero-order valence-corrected chi connectivity index (χ0v) is 21.7. The molecule has 0 saturated carbocycles. The molecule has 2 aromatic carbocycles. The number of piperazine rings is 1. The second-order valence-electron chi connectivity index (χ2n) is 11.0. The van der Waals surface area contributed by atoms with Crippen LogP contribution in [-0.4, -0.2) is 50.0 Å². The number of benzene rings is 2. The van der Waals surface area contributed by atoms with Gasteiger partial charge in [0, 0.05) is 31.9 Å². The van der Waals surface area contributed by atoms with E-state index in [0.717, 1.165) is 28.3 Å². The van der Waals surface area contributed by atoms with Crippen LogP contribution in [0.25, 0.3) is 0 Å². The standard InChI is InChI=1S/C28H39N3O3/c1-27(2,3)20-11-10-12-21(28(4,5)6)26(20)29-24(32)19-25(33)31-17-15-30(16-18-31)22-13-8-9-14-23(22)34-7/h8-14H,15-19H2,1-7H3,(H,29,32). The number of anilines is 2. The highest BCUT2D eigenvalue weighted by Gasteiger charge is 2.28. The van der Waals surface area contributed by atoms with Crippen LogP contribution < -0.4 is 15.0 Å². The van der Waals surface area contributed by atoms with Gasteiger partial charge in [-0.15, -0.1) is 0 Å². The Balaban J connectivity index is 1.67. The molecule has 1 aliphatic rings. The normalized spacial score (nSPS) is 14.7. The number of carbonyl (C=O) groups is 2. The highest BCUT2D eigenvalue weighted by atomic mass is 16.5. The van der Waals surface area contributed by atoms with Crippen molar-refractivity contribution in [1.29, 1.82) is 0 Å². The van der Waals surface area contributed by atoms with Crippen molar-refractivity contribution in [2.75, 3.05) is 43.5 Å². The van der Waals surface area contributed by atoms with Crippen molar-refractivity contribution in [2.45, 2.75) is 58.8 Å². The van der Waals surface area contributed by atoms with Crippen molar-refractivity contribution in [3.05, 3.63) is 53.6 Å². The van der Waals surface area contributed by atoms with Crippen LogP contribution in [0.5, 0.6) is 5.75 Å². The van der Waals surface area contributed by atoms with Crippen LogP contribution in [0, 0.1) is 0 Å². The number of hydrogen-bond acceptors (Lipinski definition) is 4. The fourth-order valence-corrected chi connectivity index (χ4v) is 4.46. The average molecular weight is 466 g/mol. The van der Waals surface area contributed by atoms with E-state index in [1.165, 1.54) is 0 Å². The third-order valence-electron chi connectivity index (χ3n) is 6.31. The molecule has 34 heavy (non-hydrogen) atoms. The molecule has 0 aliphatic carbocycles. The summed E-state index contributed by atoms with van der Waals surface area (Å²) in [6.45, 7) is 15.4. The lowest BCUT2D eigenvalue weighted by Gasteiger charge is -2.36. The van der Waals surface area contributed by atoms with E-state index in [-0.39, 0.29) is 29.1 Å². The summed E-state index contributed by atoms with van der Waals surface area (Å²) in [4.78, 5) is 30.0. The van der Waals surface area contributed by atoms with E-state index in [0.29, 0.717) is 26.2 Å². The molecular formula is C28H39N3O3. The first-order valence-corrected chi connectivity index (χ1v) is 12.0. The Bertz CT molecular complexity index is 994. The van der Waals surface area contributed by atoms with Gasteiger partial charge in [0.15, 0.2) is 0 Å². The van der Waals surface area contributed by atoms with Crippen molar-refractivity contribution >= 4 is 23.2 Å². The van der Waals surface area contributed by atoms with Gasteiger partial charge < -0.3 is 19.9 Å². The molecule has 0 aromatic heterocycles. The number of hydrogen-bond donors (Lipinski definition) is 1. The van der Waals surface area contributed by atoms with Crippen LogP contribution in [0.2, 0.25) is 0 Å². The molecule has 6 nitrogen and oxygen atoms in total. The number of rotatable bonds is 5. The highest BCUT2D eigenvalue weighted by molar-refractivity contribution is 6.04. The number of amides is 2. The zero-order chi connectivity index (χ0) is 25.1. The lowest BCUT2D eigenvalue weighted by Crippen LogP contribution is -2.49. The van der Waals surface area contributed by atoms with E-state index >= 15 is 0 Å². The molecule has 1 N–H and O–H groups in total. The summed E-state index contributed by atoms with van der Waals surface area (Å²) in [7, 11) is 1.67. The number of nitrogens with zero attached hydrogens (tertiary/aromatic N) is 2. The maximum Gasteiger partial charge on any atom is 0.233 e. The Hall–Kier alpha value is -3.02. The maximum atomic E-state index is 13.0. The smallest absolute Gasteiger partial charge is 0.233 e. The van der Waals surface area contributed by atoms with Crippen molar-refractivity contribution in [2.24, 2.45) is 0 Å². The zero-order valence-electron chi connectivity index (χ0n) is 21.7. The molecule has 1 aliphatic heterocycles. The number of nitrogens with one attached hydrogen (secondary N) is 1. The predicted molar refractivity (Wildman–Crippen MR) is 139 cm³/mol. The van der Waals surface area contributed by atoms with Gasteiger partial charge in [-0.3, -0.25) is 9.59 Å². The fourth-order valence-electron chi connectivity index (χ4n) is 4.46. The molecule has 2 aromatic rings. The van der Waals surface area contributed by atoms with Crippen LogP contribution in [0.1, 0.15) is 59.1 Å². The molecule has 0 spiro atoms. The Morgan fingerprint density at radius 3 is 1.94 bits per heavy atom. The Kier molecular flexibility index (Phi) is 7.59. The van der Waals surface area contributed by atoms with Gasteiger partial charge in [-0.1, -0.05) is 71.9 Å². The van der Waals surface area contributed by atoms with Crippen LogP contribution in [0.15, 0.2) is 42.5 Å². The van der Waals surface area contributed by atoms with Gasteiger partial charge in [-0.05, 0) is 34.1 Å². The lowest BCUT2D eigenvalue weighted by atomic mass is 9.78. The maximum absolute atomic E-state index is 13.0. The molecule has 6 heteroatoms. The monoisotopic (exact) mass is 465 g/mol. The van der Waals surface area contributed by atoms with Crippen molar-refractivity contribution in [3.63, 3.8) is 0 Å². The Morgan fingerprint density at radius 1 is 0.853 bits per heavy atom. The summed E-state index contributed by atoms with van der Waals surface area (Å²) < 4.78 is 5.47. The van der Waals surface area contributed by atoms with Crippen LogP contribution in [0.3, 0.4) is 0 Å². The summed E-state index contributed by atoms with van der Waals surface area (Å²) in [5.74, 6) is 0.427. The second-order valence-corrected chi connectivity index (χ2v) is 11.0. The van der Waals surface area contributed by atoms with E-state index in [1.807, 2.05) is 30.3 Å². The summed E-state index contributed by atoms with van der Waals surface area (Å²) >= 11 is 0. The minimum Gasteiger partial charge on any atom is -0.495 e. The quantitative estimate of drug-likeness (QED) is 0.634. The molecular weight excluding hydrogens is 426 g/mol. The molecule has 0 unspecified atom stereocenters. The second kappa shape index (κ2) is 10.1. The largest absolute Gasteiger partial charge is 0.495 e. The summed E-state index contributed by atoms with van der Waals surface area (Å²) in [6.07, 6.45) is -0.156. The average Bonchev–Trinajstić information content (AvgIpc) is 2.77. The van der Waals surface area contributed by atoms with E-state index in [9.17, 15) is 9.59 Å². The van der Waals surface area contributed by atoms with Gasteiger partial charge >= 0.3 is 0 Å². The van der Waals surface area contributed by atoms with Crippen LogP contribution in [0.4, 0.5) is 11.4 Å². The van der Waals surface area contributed by atoms with E-state index in [4.69, 9.17) is 4.74 Å². The number of methoxy groups -OCH3 is 1.